The van der Waals surface area contributed by atoms with Crippen LogP contribution in [0.5, 0.6) is 17.2 Å². The number of H-pyrrole nitrogens is 1. The zero-order valence-corrected chi connectivity index (χ0v) is 14.7. The fourth-order valence-electron chi connectivity index (χ4n) is 2.87. The number of para-hydroxylation sites is 1. The molecule has 0 saturated heterocycles. The smallest absolute Gasteiger partial charge is 0.352 e. The monoisotopic (exact) mass is 353 g/mol. The van der Waals surface area contributed by atoms with Gasteiger partial charge in [-0.3, -0.25) is 0 Å². The van der Waals surface area contributed by atoms with Gasteiger partial charge in [0, 0.05) is 11.1 Å². The molecule has 0 bridgehead atoms. The molecule has 6 nitrogen and oxygen atoms in total. The molecule has 2 N–H and O–H groups in total. The van der Waals surface area contributed by atoms with Gasteiger partial charge in [0.15, 0.2) is 11.5 Å². The van der Waals surface area contributed by atoms with E-state index in [0.717, 1.165) is 5.56 Å². The maximum Gasteiger partial charge on any atom is 0.352 e. The third-order valence-electron chi connectivity index (χ3n) is 4.13. The second-order valence-electron chi connectivity index (χ2n) is 5.55. The molecule has 2 aromatic carbocycles. The molecular formula is C20H19NO5. The van der Waals surface area contributed by atoms with Crippen LogP contribution in [0, 0.1) is 0 Å². The van der Waals surface area contributed by atoms with Crippen molar-refractivity contribution in [1.82, 2.24) is 4.98 Å². The molecule has 26 heavy (non-hydrogen) atoms. The molecular weight excluding hydrogens is 334 g/mol. The molecule has 0 amide bonds. The van der Waals surface area contributed by atoms with E-state index in [4.69, 9.17) is 14.2 Å². The fraction of sp³-hybridized carbons (Fsp3) is 0.150. The molecule has 0 aliphatic heterocycles. The number of carboxylic acids is 1. The van der Waals surface area contributed by atoms with E-state index in [1.807, 2.05) is 24.3 Å². The van der Waals surface area contributed by atoms with Gasteiger partial charge < -0.3 is 24.3 Å². The second kappa shape index (κ2) is 7.23. The van der Waals surface area contributed by atoms with Crippen molar-refractivity contribution in [1.29, 1.82) is 0 Å². The molecule has 3 aromatic rings. The summed E-state index contributed by atoms with van der Waals surface area (Å²) < 4.78 is 15.9. The highest BCUT2D eigenvalue weighted by Crippen LogP contribution is 2.39. The van der Waals surface area contributed by atoms with E-state index in [1.165, 1.54) is 0 Å². The predicted octanol–water partition coefficient (Wildman–Crippen LogP) is 4.07. The average molecular weight is 353 g/mol. The summed E-state index contributed by atoms with van der Waals surface area (Å²) in [6.07, 6.45) is 0. The highest BCUT2D eigenvalue weighted by Gasteiger charge is 2.20. The van der Waals surface area contributed by atoms with Crippen LogP contribution in [-0.2, 0) is 0 Å². The van der Waals surface area contributed by atoms with Gasteiger partial charge in [0.2, 0.25) is 0 Å². The summed E-state index contributed by atoms with van der Waals surface area (Å²) >= 11 is 0. The minimum Gasteiger partial charge on any atom is -0.497 e. The summed E-state index contributed by atoms with van der Waals surface area (Å²) in [7, 11) is 4.69. The predicted molar refractivity (Wildman–Crippen MR) is 98.3 cm³/mol. The quantitative estimate of drug-likeness (QED) is 0.698. The second-order valence-corrected chi connectivity index (χ2v) is 5.55. The van der Waals surface area contributed by atoms with E-state index in [1.54, 1.807) is 45.6 Å². The standard InChI is InChI=1S/C20H19NO5/c1-24-13-9-7-12(8-10-13)15-11-16(21-18(15)20(22)23)14-5-4-6-17(25-2)19(14)26-3/h4-11,21H,1-3H3,(H,22,23). The fourth-order valence-corrected chi connectivity index (χ4v) is 2.87. The molecule has 1 aromatic heterocycles. The van der Waals surface area contributed by atoms with Crippen molar-refractivity contribution in [3.8, 4) is 39.6 Å². The summed E-state index contributed by atoms with van der Waals surface area (Å²) in [5, 5.41) is 9.60. The van der Waals surface area contributed by atoms with Crippen molar-refractivity contribution in [3.05, 3.63) is 54.2 Å². The van der Waals surface area contributed by atoms with Gasteiger partial charge >= 0.3 is 5.97 Å². The first-order valence-corrected chi connectivity index (χ1v) is 7.91. The van der Waals surface area contributed by atoms with Gasteiger partial charge in [-0.2, -0.15) is 0 Å². The van der Waals surface area contributed by atoms with Gasteiger partial charge in [-0.25, -0.2) is 4.79 Å². The Kier molecular flexibility index (Phi) is 4.84. The Morgan fingerprint density at radius 2 is 1.65 bits per heavy atom. The average Bonchev–Trinajstić information content (AvgIpc) is 3.12. The van der Waals surface area contributed by atoms with Crippen LogP contribution in [0.1, 0.15) is 10.5 Å². The molecule has 0 unspecified atom stereocenters. The molecule has 0 radical (unpaired) electrons. The zero-order chi connectivity index (χ0) is 18.7. The number of rotatable bonds is 6. The lowest BCUT2D eigenvalue weighted by molar-refractivity contribution is 0.0692. The van der Waals surface area contributed by atoms with Crippen LogP contribution in [0.2, 0.25) is 0 Å². The van der Waals surface area contributed by atoms with Crippen LogP contribution in [0.15, 0.2) is 48.5 Å². The Hall–Kier alpha value is -3.41. The number of aromatic carboxylic acids is 1. The number of aromatic nitrogens is 1. The Balaban J connectivity index is 2.15. The van der Waals surface area contributed by atoms with E-state index < -0.39 is 5.97 Å². The van der Waals surface area contributed by atoms with Crippen molar-refractivity contribution in [2.24, 2.45) is 0 Å². The van der Waals surface area contributed by atoms with Crippen LogP contribution >= 0.6 is 0 Å². The van der Waals surface area contributed by atoms with Gasteiger partial charge in [-0.15, -0.1) is 0 Å². The number of methoxy groups -OCH3 is 3. The number of ether oxygens (including phenoxy) is 3. The molecule has 6 heteroatoms. The van der Waals surface area contributed by atoms with E-state index in [2.05, 4.69) is 4.98 Å². The molecule has 1 heterocycles. The van der Waals surface area contributed by atoms with Gasteiger partial charge in [0.25, 0.3) is 0 Å². The Labute approximate surface area is 151 Å². The first-order chi connectivity index (χ1) is 12.6. The van der Waals surface area contributed by atoms with Crippen LogP contribution in [0.25, 0.3) is 22.4 Å². The van der Waals surface area contributed by atoms with Crippen molar-refractivity contribution < 1.29 is 24.1 Å². The van der Waals surface area contributed by atoms with Gasteiger partial charge in [0.1, 0.15) is 11.4 Å². The molecule has 0 atom stereocenters. The Morgan fingerprint density at radius 1 is 0.923 bits per heavy atom. The Bertz CT molecular complexity index is 928. The number of aromatic amines is 1. The van der Waals surface area contributed by atoms with Crippen molar-refractivity contribution in [3.63, 3.8) is 0 Å². The number of hydrogen-bond donors (Lipinski definition) is 2. The first-order valence-electron chi connectivity index (χ1n) is 7.91. The minimum absolute atomic E-state index is 0.107. The normalized spacial score (nSPS) is 10.4. The number of benzene rings is 2. The highest BCUT2D eigenvalue weighted by atomic mass is 16.5. The minimum atomic E-state index is -1.04. The van der Waals surface area contributed by atoms with Crippen LogP contribution in [0.4, 0.5) is 0 Å². The van der Waals surface area contributed by atoms with Gasteiger partial charge in [0.05, 0.1) is 27.0 Å². The lowest BCUT2D eigenvalue weighted by atomic mass is 10.0. The maximum atomic E-state index is 11.7. The summed E-state index contributed by atoms with van der Waals surface area (Å²) in [6, 6.07) is 14.5. The van der Waals surface area contributed by atoms with Crippen LogP contribution < -0.4 is 14.2 Å². The topological polar surface area (TPSA) is 80.8 Å². The molecule has 3 rings (SSSR count). The molecule has 0 fully saturated rings. The highest BCUT2D eigenvalue weighted by molar-refractivity contribution is 5.96. The SMILES string of the molecule is COc1ccc(-c2cc(-c3cccc(OC)c3OC)[nH]c2C(=O)O)cc1. The third kappa shape index (κ3) is 3.09. The van der Waals surface area contributed by atoms with Gasteiger partial charge in [-0.1, -0.05) is 18.2 Å². The third-order valence-corrected chi connectivity index (χ3v) is 4.13. The van der Waals surface area contributed by atoms with E-state index in [-0.39, 0.29) is 5.69 Å². The number of carbonyl (C=O) groups is 1. The van der Waals surface area contributed by atoms with Crippen molar-refractivity contribution in [2.45, 2.75) is 0 Å². The lowest BCUT2D eigenvalue weighted by Crippen LogP contribution is -1.99. The van der Waals surface area contributed by atoms with E-state index >= 15 is 0 Å². The molecule has 0 saturated carbocycles. The van der Waals surface area contributed by atoms with Crippen molar-refractivity contribution >= 4 is 5.97 Å². The summed E-state index contributed by atoms with van der Waals surface area (Å²) in [5.41, 5.74) is 2.81. The maximum absolute atomic E-state index is 11.7. The lowest BCUT2D eigenvalue weighted by Gasteiger charge is -2.11. The summed E-state index contributed by atoms with van der Waals surface area (Å²) in [5.74, 6) is 0.775. The largest absolute Gasteiger partial charge is 0.497 e. The van der Waals surface area contributed by atoms with Crippen molar-refractivity contribution in [2.75, 3.05) is 21.3 Å². The summed E-state index contributed by atoms with van der Waals surface area (Å²) in [6.45, 7) is 0. The first kappa shape index (κ1) is 17.4. The molecule has 0 spiro atoms. The molecule has 0 aliphatic rings. The number of carboxylic acid groups (broad SMARTS) is 1. The number of hydrogen-bond acceptors (Lipinski definition) is 4. The van der Waals surface area contributed by atoms with E-state index in [9.17, 15) is 9.90 Å². The Morgan fingerprint density at radius 3 is 2.23 bits per heavy atom. The molecule has 0 aliphatic carbocycles. The van der Waals surface area contributed by atoms with Crippen LogP contribution in [0.3, 0.4) is 0 Å². The van der Waals surface area contributed by atoms with Crippen LogP contribution in [-0.4, -0.2) is 37.4 Å². The van der Waals surface area contributed by atoms with Gasteiger partial charge in [-0.05, 0) is 35.9 Å². The number of nitrogens with one attached hydrogen (secondary N) is 1. The zero-order valence-electron chi connectivity index (χ0n) is 14.7. The van der Waals surface area contributed by atoms with E-state index in [0.29, 0.717) is 34.1 Å². The summed E-state index contributed by atoms with van der Waals surface area (Å²) in [4.78, 5) is 14.7. The molecule has 134 valence electrons.